The van der Waals surface area contributed by atoms with Gasteiger partial charge >= 0.3 is 5.97 Å². The van der Waals surface area contributed by atoms with Crippen molar-refractivity contribution in [1.82, 2.24) is 5.32 Å². The van der Waals surface area contributed by atoms with Gasteiger partial charge in [0.25, 0.3) is 0 Å². The molecule has 0 fully saturated rings. The highest BCUT2D eigenvalue weighted by Crippen LogP contribution is 2.57. The number of hydrogen-bond acceptors (Lipinski definition) is 9. The number of thiocarbonyl (C=S) groups is 1. The molecule has 220 valence electrons. The Balaban J connectivity index is 1.26. The molecule has 9 N–H and O–H groups in total. The van der Waals surface area contributed by atoms with E-state index < -0.39 is 11.6 Å². The summed E-state index contributed by atoms with van der Waals surface area (Å²) in [4.78, 5) is 13.6. The van der Waals surface area contributed by atoms with E-state index >= 15 is 0 Å². The maximum atomic E-state index is 13.6. The molecule has 0 radical (unpaired) electrons. The molecule has 0 amide bonds. The van der Waals surface area contributed by atoms with E-state index in [2.05, 4.69) is 16.0 Å². The Hall–Kier alpha value is -4.68. The van der Waals surface area contributed by atoms with Crippen LogP contribution in [0.5, 0.6) is 23.0 Å². The van der Waals surface area contributed by atoms with Crippen molar-refractivity contribution in [2.75, 3.05) is 30.3 Å². The zero-order valence-corrected chi connectivity index (χ0v) is 23.9. The molecular formula is C32H31N5O5S. The number of phenols is 2. The molecule has 1 unspecified atom stereocenters. The molecule has 2 heterocycles. The van der Waals surface area contributed by atoms with Gasteiger partial charge in [0.1, 0.15) is 23.0 Å². The molecule has 2 aliphatic rings. The first-order chi connectivity index (χ1) is 20.8. The molecule has 2 aliphatic heterocycles. The molecule has 1 spiro atoms. The van der Waals surface area contributed by atoms with Gasteiger partial charge in [-0.05, 0) is 66.7 Å². The van der Waals surface area contributed by atoms with Crippen molar-refractivity contribution in [3.8, 4) is 23.0 Å². The molecule has 4 aromatic carbocycles. The molecule has 4 aromatic rings. The van der Waals surface area contributed by atoms with Crippen molar-refractivity contribution < 1.29 is 24.5 Å². The van der Waals surface area contributed by atoms with E-state index in [0.29, 0.717) is 57.6 Å². The lowest BCUT2D eigenvalue weighted by Crippen LogP contribution is -2.37. The molecule has 0 saturated heterocycles. The minimum absolute atomic E-state index is 0.00992. The van der Waals surface area contributed by atoms with Crippen LogP contribution in [0.1, 0.15) is 32.6 Å². The fraction of sp³-hybridized carbons (Fsp3) is 0.188. The van der Waals surface area contributed by atoms with Crippen molar-refractivity contribution in [3.63, 3.8) is 0 Å². The molecule has 0 aliphatic carbocycles. The fourth-order valence-electron chi connectivity index (χ4n) is 5.62. The molecule has 0 aromatic heterocycles. The number of ether oxygens (including phenoxy) is 2. The lowest BCUT2D eigenvalue weighted by Gasteiger charge is -2.36. The largest absolute Gasteiger partial charge is 0.508 e. The van der Waals surface area contributed by atoms with Crippen LogP contribution in [0.2, 0.25) is 0 Å². The van der Waals surface area contributed by atoms with E-state index in [9.17, 15) is 15.0 Å². The SMILES string of the molecule is NCCNCC(N)Cc1ccc(NC(=S)Nc2cccc3c2C(=O)OC32c3ccc(O)cc3Oc3cc(O)ccc32)cc1. The number of hydrogen-bond donors (Lipinski definition) is 7. The van der Waals surface area contributed by atoms with E-state index in [4.69, 9.17) is 33.2 Å². The first kappa shape index (κ1) is 28.4. The zero-order valence-electron chi connectivity index (χ0n) is 23.1. The third kappa shape index (κ3) is 5.35. The van der Waals surface area contributed by atoms with Crippen LogP contribution in [0.15, 0.2) is 78.9 Å². The number of esters is 1. The van der Waals surface area contributed by atoms with Crippen molar-refractivity contribution >= 4 is 34.7 Å². The normalized spacial score (nSPS) is 14.6. The molecule has 1 atom stereocenters. The Morgan fingerprint density at radius 3 is 2.23 bits per heavy atom. The number of anilines is 2. The van der Waals surface area contributed by atoms with E-state index in [0.717, 1.165) is 24.2 Å². The Kier molecular flexibility index (Phi) is 7.63. The number of rotatable bonds is 8. The number of aromatic hydroxyl groups is 2. The van der Waals surface area contributed by atoms with Gasteiger partial charge in [-0.2, -0.15) is 0 Å². The summed E-state index contributed by atoms with van der Waals surface area (Å²) < 4.78 is 12.2. The van der Waals surface area contributed by atoms with E-state index in [1.807, 2.05) is 36.4 Å². The average Bonchev–Trinajstić information content (AvgIpc) is 3.27. The molecule has 6 rings (SSSR count). The predicted octanol–water partition coefficient (Wildman–Crippen LogP) is 3.89. The van der Waals surface area contributed by atoms with Crippen LogP contribution in [0.4, 0.5) is 11.4 Å². The van der Waals surface area contributed by atoms with Crippen LogP contribution in [0, 0.1) is 0 Å². The van der Waals surface area contributed by atoms with Crippen molar-refractivity contribution in [3.05, 3.63) is 107 Å². The summed E-state index contributed by atoms with van der Waals surface area (Å²) in [6.07, 6.45) is 0.719. The standard InChI is InChI=1S/C32H31N5O5S/c33-12-13-35-17-19(34)14-18-4-6-20(7-5-18)36-31(43)37-26-3-1-2-25-29(26)30(40)42-32(25)23-10-8-21(38)15-27(23)41-28-16-22(39)9-11-24(28)32/h1-11,15-16,19,35,38-39H,12-14,17,33-34H2,(H2,36,37,43). The van der Waals surface area contributed by atoms with Crippen LogP contribution in [0.25, 0.3) is 0 Å². The van der Waals surface area contributed by atoms with Gasteiger partial charge in [0.2, 0.25) is 0 Å². The molecular weight excluding hydrogens is 566 g/mol. The number of nitrogens with two attached hydrogens (primary N) is 2. The highest BCUT2D eigenvalue weighted by Gasteiger charge is 2.54. The molecule has 43 heavy (non-hydrogen) atoms. The molecule has 10 nitrogen and oxygen atoms in total. The second kappa shape index (κ2) is 11.5. The molecule has 0 saturated carbocycles. The van der Waals surface area contributed by atoms with Crippen LogP contribution in [-0.2, 0) is 16.8 Å². The fourth-order valence-corrected chi connectivity index (χ4v) is 5.85. The number of nitrogens with one attached hydrogen (secondary N) is 3. The highest BCUT2D eigenvalue weighted by molar-refractivity contribution is 7.80. The molecule has 11 heteroatoms. The third-order valence-corrected chi connectivity index (χ3v) is 7.69. The number of fused-ring (bicyclic) bond motifs is 6. The topological polar surface area (TPSA) is 164 Å². The summed E-state index contributed by atoms with van der Waals surface area (Å²) in [5.41, 5.74) is 14.7. The van der Waals surface area contributed by atoms with Gasteiger partial charge in [-0.1, -0.05) is 24.3 Å². The Morgan fingerprint density at radius 1 is 0.907 bits per heavy atom. The number of phenolic OH excluding ortho intramolecular Hbond substituents is 2. The summed E-state index contributed by atoms with van der Waals surface area (Å²) in [6, 6.07) is 22.4. The average molecular weight is 598 g/mol. The third-order valence-electron chi connectivity index (χ3n) is 7.49. The van der Waals surface area contributed by atoms with Crippen molar-refractivity contribution in [1.29, 1.82) is 0 Å². The predicted molar refractivity (Wildman–Crippen MR) is 168 cm³/mol. The van der Waals surface area contributed by atoms with Crippen LogP contribution in [0.3, 0.4) is 0 Å². The van der Waals surface area contributed by atoms with Crippen molar-refractivity contribution in [2.24, 2.45) is 11.5 Å². The van der Waals surface area contributed by atoms with Crippen LogP contribution < -0.4 is 32.2 Å². The second-order valence-corrected chi connectivity index (χ2v) is 10.9. The van der Waals surface area contributed by atoms with Gasteiger partial charge in [0, 0.05) is 60.2 Å². The van der Waals surface area contributed by atoms with Crippen molar-refractivity contribution in [2.45, 2.75) is 18.1 Å². The summed E-state index contributed by atoms with van der Waals surface area (Å²) in [6.45, 7) is 1.99. The lowest BCUT2D eigenvalue weighted by molar-refractivity contribution is 0.0224. The van der Waals surface area contributed by atoms with Crippen LogP contribution in [-0.4, -0.2) is 47.0 Å². The Labute approximate surface area is 253 Å². The number of carbonyl (C=O) groups excluding carboxylic acids is 1. The van der Waals surface area contributed by atoms with Gasteiger partial charge in [-0.3, -0.25) is 0 Å². The van der Waals surface area contributed by atoms with E-state index in [1.165, 1.54) is 24.3 Å². The maximum absolute atomic E-state index is 13.6. The smallest absolute Gasteiger partial charge is 0.342 e. The summed E-state index contributed by atoms with van der Waals surface area (Å²) in [5.74, 6) is 0.0483. The minimum Gasteiger partial charge on any atom is -0.508 e. The van der Waals surface area contributed by atoms with E-state index in [1.54, 1.807) is 18.2 Å². The molecule has 0 bridgehead atoms. The summed E-state index contributed by atoms with van der Waals surface area (Å²) in [7, 11) is 0. The van der Waals surface area contributed by atoms with E-state index in [-0.39, 0.29) is 17.5 Å². The number of carbonyl (C=O) groups is 1. The Bertz CT molecular complexity index is 1660. The summed E-state index contributed by atoms with van der Waals surface area (Å²) in [5, 5.41) is 30.1. The van der Waals surface area contributed by atoms with Gasteiger partial charge < -0.3 is 47.1 Å². The first-order valence-corrected chi connectivity index (χ1v) is 14.2. The first-order valence-electron chi connectivity index (χ1n) is 13.8. The number of benzene rings is 4. The monoisotopic (exact) mass is 597 g/mol. The van der Waals surface area contributed by atoms with Gasteiger partial charge in [-0.25, -0.2) is 4.79 Å². The van der Waals surface area contributed by atoms with Gasteiger partial charge in [0.15, 0.2) is 10.7 Å². The highest BCUT2D eigenvalue weighted by atomic mass is 32.1. The quantitative estimate of drug-likeness (QED) is 0.0895. The van der Waals surface area contributed by atoms with Gasteiger partial charge in [-0.15, -0.1) is 0 Å². The minimum atomic E-state index is -1.36. The second-order valence-electron chi connectivity index (χ2n) is 10.5. The Morgan fingerprint density at radius 2 is 1.58 bits per heavy atom. The maximum Gasteiger partial charge on any atom is 0.342 e. The zero-order chi connectivity index (χ0) is 30.1. The van der Waals surface area contributed by atoms with Crippen LogP contribution >= 0.6 is 12.2 Å². The summed E-state index contributed by atoms with van der Waals surface area (Å²) >= 11 is 5.60. The van der Waals surface area contributed by atoms with Gasteiger partial charge in [0.05, 0.1) is 11.3 Å². The lowest BCUT2D eigenvalue weighted by atomic mass is 9.77.